The highest BCUT2D eigenvalue weighted by Crippen LogP contribution is 2.49. The maximum atomic E-state index is 10.0. The standard InChI is InChI=1S/C9H14O2/c10-9-3-6-1-7(4-9)11-8(2-6)5-9/h6-8,10H,1-5H2/t6-,7-,8+,9-. The van der Waals surface area contributed by atoms with E-state index < -0.39 is 0 Å². The maximum absolute atomic E-state index is 10.0. The topological polar surface area (TPSA) is 29.5 Å². The van der Waals surface area contributed by atoms with Crippen molar-refractivity contribution in [3.8, 4) is 0 Å². The summed E-state index contributed by atoms with van der Waals surface area (Å²) in [5.41, 5.74) is -0.325. The van der Waals surface area contributed by atoms with Crippen molar-refractivity contribution in [1.82, 2.24) is 0 Å². The lowest BCUT2D eigenvalue weighted by Crippen LogP contribution is -2.55. The van der Waals surface area contributed by atoms with E-state index in [1.807, 2.05) is 0 Å². The first-order valence-electron chi connectivity index (χ1n) is 4.61. The van der Waals surface area contributed by atoms with Crippen molar-refractivity contribution in [3.63, 3.8) is 0 Å². The van der Waals surface area contributed by atoms with E-state index in [2.05, 4.69) is 0 Å². The Labute approximate surface area is 66.5 Å². The van der Waals surface area contributed by atoms with Crippen LogP contribution in [0.2, 0.25) is 0 Å². The van der Waals surface area contributed by atoms with Gasteiger partial charge in [0.05, 0.1) is 17.8 Å². The zero-order valence-electron chi connectivity index (χ0n) is 6.62. The van der Waals surface area contributed by atoms with Gasteiger partial charge >= 0.3 is 0 Å². The van der Waals surface area contributed by atoms with Crippen molar-refractivity contribution < 1.29 is 9.84 Å². The fourth-order valence-corrected chi connectivity index (χ4v) is 3.29. The third kappa shape index (κ3) is 0.859. The van der Waals surface area contributed by atoms with Crippen molar-refractivity contribution in [2.45, 2.75) is 49.9 Å². The van der Waals surface area contributed by atoms with Crippen molar-refractivity contribution in [2.75, 3.05) is 0 Å². The second-order valence-electron chi connectivity index (χ2n) is 4.55. The number of aliphatic hydroxyl groups is 1. The van der Waals surface area contributed by atoms with Gasteiger partial charge < -0.3 is 9.84 Å². The van der Waals surface area contributed by atoms with Crippen molar-refractivity contribution in [1.29, 1.82) is 0 Å². The molecule has 11 heavy (non-hydrogen) atoms. The highest BCUT2D eigenvalue weighted by Gasteiger charge is 2.50. The first-order valence-corrected chi connectivity index (χ1v) is 4.61. The molecule has 2 saturated carbocycles. The average molecular weight is 154 g/mol. The van der Waals surface area contributed by atoms with Crippen LogP contribution in [-0.4, -0.2) is 22.9 Å². The van der Waals surface area contributed by atoms with Gasteiger partial charge in [0.1, 0.15) is 0 Å². The lowest BCUT2D eigenvalue weighted by atomic mass is 9.65. The predicted octanol–water partition coefficient (Wildman–Crippen LogP) is 1.08. The van der Waals surface area contributed by atoms with Gasteiger partial charge in [0.15, 0.2) is 0 Å². The molecule has 0 amide bonds. The van der Waals surface area contributed by atoms with E-state index in [0.29, 0.717) is 12.2 Å². The molecule has 4 rings (SSSR count). The van der Waals surface area contributed by atoms with Crippen LogP contribution < -0.4 is 0 Å². The maximum Gasteiger partial charge on any atom is 0.0699 e. The monoisotopic (exact) mass is 154 g/mol. The minimum absolute atomic E-state index is 0.325. The molecule has 2 aliphatic heterocycles. The summed E-state index contributed by atoms with van der Waals surface area (Å²) in [6.45, 7) is 0. The van der Waals surface area contributed by atoms with Crippen LogP contribution in [0.25, 0.3) is 0 Å². The van der Waals surface area contributed by atoms with Crippen LogP contribution in [0.1, 0.15) is 32.1 Å². The van der Waals surface area contributed by atoms with Crippen molar-refractivity contribution in [2.24, 2.45) is 5.92 Å². The lowest BCUT2D eigenvalue weighted by molar-refractivity contribution is -0.219. The van der Waals surface area contributed by atoms with E-state index in [1.165, 1.54) is 12.8 Å². The molecular formula is C9H14O2. The van der Waals surface area contributed by atoms with E-state index in [1.54, 1.807) is 0 Å². The molecule has 0 aromatic heterocycles. The van der Waals surface area contributed by atoms with Crippen molar-refractivity contribution in [3.05, 3.63) is 0 Å². The van der Waals surface area contributed by atoms with E-state index in [4.69, 9.17) is 4.74 Å². The third-order valence-corrected chi connectivity index (χ3v) is 3.46. The molecule has 0 aromatic rings. The molecule has 2 heteroatoms. The average Bonchev–Trinajstić information content (AvgIpc) is 1.79. The zero-order valence-corrected chi connectivity index (χ0v) is 6.62. The smallest absolute Gasteiger partial charge is 0.0699 e. The summed E-state index contributed by atoms with van der Waals surface area (Å²) in [6.07, 6.45) is 6.05. The molecule has 4 atom stereocenters. The first kappa shape index (κ1) is 6.44. The molecule has 0 spiro atoms. The predicted molar refractivity (Wildman–Crippen MR) is 40.2 cm³/mol. The number of hydrogen-bond acceptors (Lipinski definition) is 2. The Bertz CT molecular complexity index is 153. The summed E-state index contributed by atoms with van der Waals surface area (Å²) in [6, 6.07) is 0. The van der Waals surface area contributed by atoms with Gasteiger partial charge in [0, 0.05) is 12.8 Å². The largest absolute Gasteiger partial charge is 0.390 e. The lowest BCUT2D eigenvalue weighted by Gasteiger charge is -2.53. The second-order valence-corrected chi connectivity index (χ2v) is 4.55. The summed E-state index contributed by atoms with van der Waals surface area (Å²) in [4.78, 5) is 0. The molecule has 0 radical (unpaired) electrons. The summed E-state index contributed by atoms with van der Waals surface area (Å²) in [7, 11) is 0. The quantitative estimate of drug-likeness (QED) is 0.565. The molecule has 1 N–H and O–H groups in total. The van der Waals surface area contributed by atoms with E-state index >= 15 is 0 Å². The van der Waals surface area contributed by atoms with Gasteiger partial charge in [-0.1, -0.05) is 0 Å². The van der Waals surface area contributed by atoms with Gasteiger partial charge in [0.25, 0.3) is 0 Å². The van der Waals surface area contributed by atoms with Crippen LogP contribution in [0.4, 0.5) is 0 Å². The molecular weight excluding hydrogens is 140 g/mol. The Hall–Kier alpha value is -0.0800. The van der Waals surface area contributed by atoms with Crippen LogP contribution in [-0.2, 0) is 4.74 Å². The SMILES string of the molecule is O[C@]12C[C@@H]3C[C@H](C1)O[C@@H](C3)C2. The van der Waals surface area contributed by atoms with Crippen LogP contribution in [0.3, 0.4) is 0 Å². The number of ether oxygens (including phenoxy) is 1. The van der Waals surface area contributed by atoms with Gasteiger partial charge in [-0.15, -0.1) is 0 Å². The van der Waals surface area contributed by atoms with Crippen LogP contribution in [0, 0.1) is 5.92 Å². The number of hydrogen-bond donors (Lipinski definition) is 1. The highest BCUT2D eigenvalue weighted by molar-refractivity contribution is 5.01. The summed E-state index contributed by atoms with van der Waals surface area (Å²) >= 11 is 0. The third-order valence-electron chi connectivity index (χ3n) is 3.46. The molecule has 4 aliphatic rings. The van der Waals surface area contributed by atoms with Gasteiger partial charge in [-0.25, -0.2) is 0 Å². The minimum Gasteiger partial charge on any atom is -0.390 e. The Morgan fingerprint density at radius 2 is 1.73 bits per heavy atom. The Balaban J connectivity index is 1.94. The molecule has 2 saturated heterocycles. The normalized spacial score (nSPS) is 60.3. The molecule has 2 aliphatic carbocycles. The summed E-state index contributed by atoms with van der Waals surface area (Å²) < 4.78 is 5.73. The van der Waals surface area contributed by atoms with E-state index in [9.17, 15) is 5.11 Å². The van der Waals surface area contributed by atoms with E-state index in [0.717, 1.165) is 25.2 Å². The fraction of sp³-hybridized carbons (Fsp3) is 1.00. The summed E-state index contributed by atoms with van der Waals surface area (Å²) in [5.74, 6) is 0.770. The summed E-state index contributed by atoms with van der Waals surface area (Å²) in [5, 5.41) is 10.0. The van der Waals surface area contributed by atoms with E-state index in [-0.39, 0.29) is 5.60 Å². The molecule has 62 valence electrons. The van der Waals surface area contributed by atoms with Gasteiger partial charge in [0.2, 0.25) is 0 Å². The zero-order chi connectivity index (χ0) is 7.47. The van der Waals surface area contributed by atoms with Gasteiger partial charge in [-0.05, 0) is 25.2 Å². The fourth-order valence-electron chi connectivity index (χ4n) is 3.29. The number of rotatable bonds is 0. The Morgan fingerprint density at radius 3 is 2.18 bits per heavy atom. The second kappa shape index (κ2) is 1.80. The van der Waals surface area contributed by atoms with Crippen LogP contribution in [0.5, 0.6) is 0 Å². The molecule has 0 aromatic carbocycles. The highest BCUT2D eigenvalue weighted by atomic mass is 16.5. The molecule has 2 nitrogen and oxygen atoms in total. The molecule has 0 unspecified atom stereocenters. The van der Waals surface area contributed by atoms with Crippen LogP contribution >= 0.6 is 0 Å². The van der Waals surface area contributed by atoms with Crippen molar-refractivity contribution >= 4 is 0 Å². The van der Waals surface area contributed by atoms with Gasteiger partial charge in [-0.2, -0.15) is 0 Å². The van der Waals surface area contributed by atoms with Gasteiger partial charge in [-0.3, -0.25) is 0 Å². The Kier molecular flexibility index (Phi) is 1.06. The molecule has 2 heterocycles. The molecule has 4 bridgehead atoms. The Morgan fingerprint density at radius 1 is 1.09 bits per heavy atom. The molecule has 4 fully saturated rings. The minimum atomic E-state index is -0.325. The van der Waals surface area contributed by atoms with Crippen LogP contribution in [0.15, 0.2) is 0 Å². The first-order chi connectivity index (χ1) is 5.23.